The van der Waals surface area contributed by atoms with Crippen LogP contribution < -0.4 is 11.1 Å². The first-order chi connectivity index (χ1) is 10.7. The third kappa shape index (κ3) is 6.70. The minimum atomic E-state index is -0.537. The largest absolute Gasteiger partial charge is 0.465 e. The number of alkyl carbamates (subject to hydrolysis) is 1. The molecule has 1 amide bonds. The molecule has 0 aliphatic heterocycles. The third-order valence-electron chi connectivity index (χ3n) is 2.48. The van der Waals surface area contributed by atoms with E-state index in [-0.39, 0.29) is 11.4 Å². The fraction of sp³-hybridized carbons (Fsp3) is 0.438. The number of aromatic nitrogens is 1. The lowest BCUT2D eigenvalue weighted by molar-refractivity contribution is 0.0527. The Labute approximate surface area is 135 Å². The van der Waals surface area contributed by atoms with Gasteiger partial charge >= 0.3 is 12.1 Å². The number of nitrogen functional groups attached to an aromatic ring is 1. The summed E-state index contributed by atoms with van der Waals surface area (Å²) >= 11 is 0. The molecule has 0 spiro atoms. The number of nitrogens with two attached hydrogens (primary N) is 1. The van der Waals surface area contributed by atoms with Crippen molar-refractivity contribution in [2.75, 3.05) is 19.4 Å². The van der Waals surface area contributed by atoms with E-state index >= 15 is 0 Å². The number of nitrogens with one attached hydrogen (secondary N) is 1. The van der Waals surface area contributed by atoms with E-state index in [9.17, 15) is 9.59 Å². The van der Waals surface area contributed by atoms with Crippen LogP contribution >= 0.6 is 0 Å². The Bertz CT molecular complexity index is 639. The molecule has 124 valence electrons. The summed E-state index contributed by atoms with van der Waals surface area (Å²) in [5.41, 5.74) is 5.88. The highest BCUT2D eigenvalue weighted by molar-refractivity contribution is 5.89. The van der Waals surface area contributed by atoms with Gasteiger partial charge in [-0.1, -0.05) is 11.8 Å². The quantitative estimate of drug-likeness (QED) is 0.499. The summed E-state index contributed by atoms with van der Waals surface area (Å²) in [6.07, 6.45) is 1.24. The number of ether oxygens (including phenoxy) is 2. The van der Waals surface area contributed by atoms with E-state index in [0.29, 0.717) is 18.5 Å². The number of esters is 1. The van der Waals surface area contributed by atoms with Crippen molar-refractivity contribution in [1.29, 1.82) is 0 Å². The fourth-order valence-electron chi connectivity index (χ4n) is 1.50. The highest BCUT2D eigenvalue weighted by atomic mass is 16.6. The first kappa shape index (κ1) is 18.3. The molecule has 0 aliphatic carbocycles. The molecule has 0 aliphatic rings. The third-order valence-corrected chi connectivity index (χ3v) is 2.48. The van der Waals surface area contributed by atoms with Gasteiger partial charge in [-0.05, 0) is 26.8 Å². The molecule has 0 radical (unpaired) electrons. The fourth-order valence-corrected chi connectivity index (χ4v) is 1.50. The normalized spacial score (nSPS) is 10.3. The zero-order chi connectivity index (χ0) is 17.5. The second-order valence-electron chi connectivity index (χ2n) is 5.63. The number of nitrogens with zero attached hydrogens (tertiary/aromatic N) is 1. The summed E-state index contributed by atoms with van der Waals surface area (Å²) < 4.78 is 9.71. The van der Waals surface area contributed by atoms with Gasteiger partial charge in [-0.3, -0.25) is 0 Å². The summed E-state index contributed by atoms with van der Waals surface area (Å²) in [5, 5.41) is 2.59. The standard InChI is InChI=1S/C16H21N3O4/c1-16(2,3)23-15(21)18-8-6-5-7-11-9-12(14(20)22-4)10-19-13(11)17/h9-10H,6,8H2,1-4H3,(H2,17,19)(H,18,21). The van der Waals surface area contributed by atoms with Crippen molar-refractivity contribution in [2.45, 2.75) is 32.8 Å². The highest BCUT2D eigenvalue weighted by Gasteiger charge is 2.15. The van der Waals surface area contributed by atoms with Crippen molar-refractivity contribution in [3.63, 3.8) is 0 Å². The first-order valence-corrected chi connectivity index (χ1v) is 7.02. The van der Waals surface area contributed by atoms with Crippen LogP contribution in [0, 0.1) is 11.8 Å². The summed E-state index contributed by atoms with van der Waals surface area (Å²) in [7, 11) is 1.28. The van der Waals surface area contributed by atoms with Crippen LogP contribution in [0.15, 0.2) is 12.3 Å². The zero-order valence-corrected chi connectivity index (χ0v) is 13.7. The van der Waals surface area contributed by atoms with E-state index in [0.717, 1.165) is 0 Å². The predicted octanol–water partition coefficient (Wildman–Crippen LogP) is 1.72. The maximum absolute atomic E-state index is 11.4. The molecule has 3 N–H and O–H groups in total. The maximum atomic E-state index is 11.4. The predicted molar refractivity (Wildman–Crippen MR) is 85.7 cm³/mol. The van der Waals surface area contributed by atoms with Crippen LogP contribution in [0.2, 0.25) is 0 Å². The van der Waals surface area contributed by atoms with Crippen LogP contribution in [0.5, 0.6) is 0 Å². The monoisotopic (exact) mass is 319 g/mol. The smallest absolute Gasteiger partial charge is 0.407 e. The van der Waals surface area contributed by atoms with Crippen LogP contribution in [0.3, 0.4) is 0 Å². The number of carbonyl (C=O) groups excluding carboxylic acids is 2. The van der Waals surface area contributed by atoms with Crippen molar-refractivity contribution in [1.82, 2.24) is 10.3 Å². The molecule has 0 saturated carbocycles. The Balaban J connectivity index is 2.57. The molecule has 0 unspecified atom stereocenters. The average Bonchev–Trinajstić information content (AvgIpc) is 2.46. The minimum absolute atomic E-state index is 0.227. The van der Waals surface area contributed by atoms with Crippen LogP contribution in [-0.2, 0) is 9.47 Å². The highest BCUT2D eigenvalue weighted by Crippen LogP contribution is 2.10. The molecule has 23 heavy (non-hydrogen) atoms. The van der Waals surface area contributed by atoms with Gasteiger partial charge in [0.15, 0.2) is 0 Å². The SMILES string of the molecule is COC(=O)c1cnc(N)c(C#CCCNC(=O)OC(C)(C)C)c1. The van der Waals surface area contributed by atoms with E-state index < -0.39 is 17.7 Å². The molecular formula is C16H21N3O4. The second-order valence-corrected chi connectivity index (χ2v) is 5.63. The molecule has 1 aromatic heterocycles. The summed E-state index contributed by atoms with van der Waals surface area (Å²) in [6.45, 7) is 5.70. The van der Waals surface area contributed by atoms with Crippen molar-refractivity contribution in [3.05, 3.63) is 23.4 Å². The molecule has 1 aromatic rings. The number of pyridine rings is 1. The molecule has 1 rings (SSSR count). The molecule has 7 nitrogen and oxygen atoms in total. The number of carbonyl (C=O) groups is 2. The van der Waals surface area contributed by atoms with Gasteiger partial charge in [0.2, 0.25) is 0 Å². The molecular weight excluding hydrogens is 298 g/mol. The Morgan fingerprint density at radius 2 is 2.09 bits per heavy atom. The molecule has 0 fully saturated rings. The summed E-state index contributed by atoms with van der Waals surface area (Å²) in [5.74, 6) is 5.39. The van der Waals surface area contributed by atoms with E-state index in [2.05, 4.69) is 26.9 Å². The number of hydrogen-bond donors (Lipinski definition) is 2. The lowest BCUT2D eigenvalue weighted by atomic mass is 10.2. The number of methoxy groups -OCH3 is 1. The van der Waals surface area contributed by atoms with E-state index in [1.54, 1.807) is 20.8 Å². The van der Waals surface area contributed by atoms with Gasteiger partial charge in [0.1, 0.15) is 11.4 Å². The molecule has 7 heteroatoms. The number of amides is 1. The number of anilines is 1. The maximum Gasteiger partial charge on any atom is 0.407 e. The van der Waals surface area contributed by atoms with Gasteiger partial charge in [0.05, 0.1) is 18.2 Å². The van der Waals surface area contributed by atoms with Gasteiger partial charge in [-0.25, -0.2) is 14.6 Å². The van der Waals surface area contributed by atoms with E-state index in [1.165, 1.54) is 19.4 Å². The number of rotatable bonds is 3. The van der Waals surface area contributed by atoms with Crippen molar-refractivity contribution in [2.24, 2.45) is 0 Å². The second kappa shape index (κ2) is 8.03. The van der Waals surface area contributed by atoms with Gasteiger partial charge in [0.25, 0.3) is 0 Å². The minimum Gasteiger partial charge on any atom is -0.465 e. The Morgan fingerprint density at radius 1 is 1.39 bits per heavy atom. The van der Waals surface area contributed by atoms with Crippen molar-refractivity contribution in [3.8, 4) is 11.8 Å². The lowest BCUT2D eigenvalue weighted by Crippen LogP contribution is -2.32. The molecule has 0 bridgehead atoms. The van der Waals surface area contributed by atoms with Crippen molar-refractivity contribution >= 4 is 17.9 Å². The average molecular weight is 319 g/mol. The first-order valence-electron chi connectivity index (χ1n) is 7.02. The van der Waals surface area contributed by atoms with Gasteiger partial charge in [-0.15, -0.1) is 0 Å². The van der Waals surface area contributed by atoms with Crippen LogP contribution in [0.1, 0.15) is 43.1 Å². The molecule has 0 aromatic carbocycles. The summed E-state index contributed by atoms with van der Waals surface area (Å²) in [4.78, 5) is 26.8. The van der Waals surface area contributed by atoms with Crippen LogP contribution in [0.25, 0.3) is 0 Å². The molecule has 1 heterocycles. The topological polar surface area (TPSA) is 104 Å². The summed E-state index contributed by atoms with van der Waals surface area (Å²) in [6, 6.07) is 1.52. The Kier molecular flexibility index (Phi) is 6.39. The van der Waals surface area contributed by atoms with Gasteiger partial charge < -0.3 is 20.5 Å². The number of hydrogen-bond acceptors (Lipinski definition) is 6. The lowest BCUT2D eigenvalue weighted by Gasteiger charge is -2.19. The van der Waals surface area contributed by atoms with E-state index in [4.69, 9.17) is 10.5 Å². The van der Waals surface area contributed by atoms with Gasteiger partial charge in [-0.2, -0.15) is 0 Å². The molecule has 0 atom stereocenters. The Morgan fingerprint density at radius 3 is 2.70 bits per heavy atom. The van der Waals surface area contributed by atoms with Crippen LogP contribution in [0.4, 0.5) is 10.6 Å². The van der Waals surface area contributed by atoms with E-state index in [1.807, 2.05) is 0 Å². The molecule has 0 saturated heterocycles. The Hall–Kier alpha value is -2.75. The van der Waals surface area contributed by atoms with Gasteiger partial charge in [0, 0.05) is 19.2 Å². The van der Waals surface area contributed by atoms with Crippen molar-refractivity contribution < 1.29 is 19.1 Å². The zero-order valence-electron chi connectivity index (χ0n) is 13.7. The van der Waals surface area contributed by atoms with Crippen LogP contribution in [-0.4, -0.2) is 36.3 Å².